The van der Waals surface area contributed by atoms with Gasteiger partial charge in [0.05, 0.1) is 18.7 Å². The first-order valence-corrected chi connectivity index (χ1v) is 9.03. The van der Waals surface area contributed by atoms with Crippen molar-refractivity contribution in [3.63, 3.8) is 0 Å². The van der Waals surface area contributed by atoms with E-state index >= 15 is 0 Å². The summed E-state index contributed by atoms with van der Waals surface area (Å²) < 4.78 is 10.8. The maximum atomic E-state index is 11.6. The smallest absolute Gasteiger partial charge is 0.216 e. The van der Waals surface area contributed by atoms with Gasteiger partial charge in [-0.15, -0.1) is 0 Å². The van der Waals surface area contributed by atoms with Gasteiger partial charge in [0.15, 0.2) is 0 Å². The van der Waals surface area contributed by atoms with Gasteiger partial charge in [-0.05, 0) is 61.8 Å². The van der Waals surface area contributed by atoms with E-state index in [0.717, 1.165) is 54.1 Å². The molecule has 0 saturated heterocycles. The first kappa shape index (κ1) is 17.8. The normalized spacial score (nSPS) is 21.9. The SMILES string of the molecule is CCc1cc2cc(C(N=O)C3CCC(OC)CC3)ccc2nc1OC. The number of aryl methyl sites for hydroxylation is 1. The van der Waals surface area contributed by atoms with Crippen LogP contribution in [0, 0.1) is 10.8 Å². The average Bonchev–Trinajstić information content (AvgIpc) is 2.67. The zero-order valence-electron chi connectivity index (χ0n) is 15.2. The van der Waals surface area contributed by atoms with E-state index in [1.165, 1.54) is 0 Å². The summed E-state index contributed by atoms with van der Waals surface area (Å²) in [7, 11) is 3.40. The van der Waals surface area contributed by atoms with Gasteiger partial charge >= 0.3 is 0 Å². The van der Waals surface area contributed by atoms with Crippen LogP contribution in [0.4, 0.5) is 0 Å². The zero-order valence-corrected chi connectivity index (χ0v) is 15.2. The van der Waals surface area contributed by atoms with E-state index in [2.05, 4.69) is 29.2 Å². The summed E-state index contributed by atoms with van der Waals surface area (Å²) in [5, 5.41) is 4.52. The lowest BCUT2D eigenvalue weighted by Gasteiger charge is -2.30. The molecule has 0 amide bonds. The van der Waals surface area contributed by atoms with Crippen LogP contribution >= 0.6 is 0 Å². The van der Waals surface area contributed by atoms with Gasteiger partial charge in [-0.3, -0.25) is 0 Å². The Morgan fingerprint density at radius 1 is 1.20 bits per heavy atom. The summed E-state index contributed by atoms with van der Waals surface area (Å²) in [5.74, 6) is 0.962. The molecule has 0 spiro atoms. The molecule has 1 atom stereocenters. The molecule has 1 saturated carbocycles. The largest absolute Gasteiger partial charge is 0.481 e. The number of benzene rings is 1. The minimum absolute atomic E-state index is 0.290. The van der Waals surface area contributed by atoms with Crippen LogP contribution in [0.5, 0.6) is 5.88 Å². The molecule has 0 bridgehead atoms. The lowest BCUT2D eigenvalue weighted by Crippen LogP contribution is -2.23. The minimum Gasteiger partial charge on any atom is -0.481 e. The highest BCUT2D eigenvalue weighted by molar-refractivity contribution is 5.81. The molecule has 1 aromatic carbocycles. The molecular formula is C20H26N2O3. The lowest BCUT2D eigenvalue weighted by molar-refractivity contribution is 0.0528. The monoisotopic (exact) mass is 342 g/mol. The third-order valence-corrected chi connectivity index (χ3v) is 5.41. The zero-order chi connectivity index (χ0) is 17.8. The minimum atomic E-state index is -0.297. The molecule has 5 heteroatoms. The summed E-state index contributed by atoms with van der Waals surface area (Å²) in [6.45, 7) is 2.08. The van der Waals surface area contributed by atoms with Crippen LogP contribution < -0.4 is 4.74 Å². The highest BCUT2D eigenvalue weighted by Crippen LogP contribution is 2.38. The standard InChI is InChI=1S/C20H26N2O3/c1-4-13-11-16-12-15(7-10-18(16)21-20(13)25-3)19(22-23)14-5-8-17(24-2)9-6-14/h7,10-12,14,17,19H,4-6,8-9H2,1-3H3. The second kappa shape index (κ2) is 7.91. The predicted octanol–water partition coefficient (Wildman–Crippen LogP) is 4.82. The Bertz CT molecular complexity index is 739. The van der Waals surface area contributed by atoms with Gasteiger partial charge in [-0.25, -0.2) is 4.98 Å². The lowest BCUT2D eigenvalue weighted by atomic mass is 9.80. The van der Waals surface area contributed by atoms with Gasteiger partial charge in [0.1, 0.15) is 6.04 Å². The Labute approximate surface area is 148 Å². The van der Waals surface area contributed by atoms with Crippen molar-refractivity contribution in [1.82, 2.24) is 4.98 Å². The quantitative estimate of drug-likeness (QED) is 0.706. The maximum absolute atomic E-state index is 11.6. The molecule has 1 fully saturated rings. The van der Waals surface area contributed by atoms with Gasteiger partial charge in [0.2, 0.25) is 5.88 Å². The fourth-order valence-electron chi connectivity index (χ4n) is 3.89. The summed E-state index contributed by atoms with van der Waals surface area (Å²) in [5.41, 5.74) is 2.94. The number of methoxy groups -OCH3 is 2. The molecule has 134 valence electrons. The number of hydrogen-bond donors (Lipinski definition) is 0. The molecule has 0 radical (unpaired) electrons. The Kier molecular flexibility index (Phi) is 5.63. The highest BCUT2D eigenvalue weighted by atomic mass is 16.5. The van der Waals surface area contributed by atoms with Crippen molar-refractivity contribution in [1.29, 1.82) is 0 Å². The number of aromatic nitrogens is 1. The molecule has 1 heterocycles. The van der Waals surface area contributed by atoms with Crippen molar-refractivity contribution < 1.29 is 9.47 Å². The van der Waals surface area contributed by atoms with Crippen molar-refractivity contribution in [3.05, 3.63) is 40.3 Å². The average molecular weight is 342 g/mol. The van der Waals surface area contributed by atoms with Crippen LogP contribution in [0.1, 0.15) is 49.8 Å². The van der Waals surface area contributed by atoms with Crippen molar-refractivity contribution in [3.8, 4) is 5.88 Å². The molecule has 1 aliphatic rings. The third-order valence-electron chi connectivity index (χ3n) is 5.41. The van der Waals surface area contributed by atoms with Crippen LogP contribution in [-0.2, 0) is 11.2 Å². The number of nitrogens with zero attached hydrogens (tertiary/aromatic N) is 2. The van der Waals surface area contributed by atoms with Crippen LogP contribution in [0.25, 0.3) is 10.9 Å². The fraction of sp³-hybridized carbons (Fsp3) is 0.550. The molecule has 0 aliphatic heterocycles. The molecule has 1 unspecified atom stereocenters. The van der Waals surface area contributed by atoms with E-state index in [4.69, 9.17) is 9.47 Å². The first-order chi connectivity index (χ1) is 12.2. The van der Waals surface area contributed by atoms with E-state index in [9.17, 15) is 4.91 Å². The molecule has 3 rings (SSSR count). The van der Waals surface area contributed by atoms with E-state index in [1.807, 2.05) is 12.1 Å². The fourth-order valence-corrected chi connectivity index (χ4v) is 3.89. The van der Waals surface area contributed by atoms with Gasteiger partial charge in [0.25, 0.3) is 0 Å². The van der Waals surface area contributed by atoms with Gasteiger partial charge < -0.3 is 9.47 Å². The second-order valence-electron chi connectivity index (χ2n) is 6.79. The topological polar surface area (TPSA) is 60.8 Å². The van der Waals surface area contributed by atoms with Gasteiger partial charge in [-0.1, -0.05) is 18.2 Å². The van der Waals surface area contributed by atoms with Crippen molar-refractivity contribution in [2.45, 2.75) is 51.2 Å². The maximum Gasteiger partial charge on any atom is 0.216 e. The van der Waals surface area contributed by atoms with Crippen LogP contribution in [0.2, 0.25) is 0 Å². The highest BCUT2D eigenvalue weighted by Gasteiger charge is 2.29. The first-order valence-electron chi connectivity index (χ1n) is 9.03. The molecule has 0 N–H and O–H groups in total. The van der Waals surface area contributed by atoms with E-state index in [0.29, 0.717) is 17.9 Å². The van der Waals surface area contributed by atoms with Crippen LogP contribution in [0.15, 0.2) is 29.4 Å². The van der Waals surface area contributed by atoms with Crippen LogP contribution in [-0.4, -0.2) is 25.3 Å². The summed E-state index contributed by atoms with van der Waals surface area (Å²) >= 11 is 0. The molecule has 1 aromatic heterocycles. The number of hydrogen-bond acceptors (Lipinski definition) is 5. The number of pyridine rings is 1. The molecule has 1 aliphatic carbocycles. The van der Waals surface area contributed by atoms with E-state index in [1.54, 1.807) is 14.2 Å². The third kappa shape index (κ3) is 3.66. The molecule has 5 nitrogen and oxygen atoms in total. The Hall–Kier alpha value is -2.01. The number of ether oxygens (including phenoxy) is 2. The Balaban J connectivity index is 1.90. The molecule has 25 heavy (non-hydrogen) atoms. The second-order valence-corrected chi connectivity index (χ2v) is 6.79. The Morgan fingerprint density at radius 2 is 1.96 bits per heavy atom. The van der Waals surface area contributed by atoms with Gasteiger partial charge in [0, 0.05) is 18.1 Å². The van der Waals surface area contributed by atoms with Crippen molar-refractivity contribution in [2.75, 3.05) is 14.2 Å². The summed E-state index contributed by atoms with van der Waals surface area (Å²) in [4.78, 5) is 16.2. The number of nitroso groups, excluding NO2 is 1. The predicted molar refractivity (Wildman–Crippen MR) is 99.0 cm³/mol. The van der Waals surface area contributed by atoms with Crippen molar-refractivity contribution >= 4 is 10.9 Å². The molecule has 2 aromatic rings. The number of fused-ring (bicyclic) bond motifs is 1. The molecular weight excluding hydrogens is 316 g/mol. The Morgan fingerprint density at radius 3 is 2.56 bits per heavy atom. The van der Waals surface area contributed by atoms with Crippen molar-refractivity contribution in [2.24, 2.45) is 11.1 Å². The van der Waals surface area contributed by atoms with E-state index in [-0.39, 0.29) is 6.04 Å². The summed E-state index contributed by atoms with van der Waals surface area (Å²) in [6.07, 6.45) is 5.14. The number of rotatable bonds is 6. The van der Waals surface area contributed by atoms with Crippen LogP contribution in [0.3, 0.4) is 0 Å². The van der Waals surface area contributed by atoms with E-state index < -0.39 is 0 Å². The summed E-state index contributed by atoms with van der Waals surface area (Å²) in [6, 6.07) is 7.82. The van der Waals surface area contributed by atoms with Gasteiger partial charge in [-0.2, -0.15) is 4.91 Å².